The molecule has 4 nitrogen and oxygen atoms in total. The monoisotopic (exact) mass is 238 g/mol. The number of carbonyl (C=O) groups is 2. The van der Waals surface area contributed by atoms with Crippen LogP contribution in [0.4, 0.5) is 0 Å². The number of rotatable bonds is 3. The topological polar surface area (TPSA) is 74.6 Å². The highest BCUT2D eigenvalue weighted by atomic mass is 28.3. The van der Waals surface area contributed by atoms with E-state index >= 15 is 0 Å². The Morgan fingerprint density at radius 2 is 1.62 bits per heavy atom. The van der Waals surface area contributed by atoms with Gasteiger partial charge in [-0.15, -0.1) is 0 Å². The van der Waals surface area contributed by atoms with Crippen LogP contribution in [-0.4, -0.2) is 30.2 Å². The molecule has 0 atom stereocenters. The molecule has 86 valence electrons. The van der Waals surface area contributed by atoms with Crippen LogP contribution < -0.4 is 5.19 Å². The Kier molecular flexibility index (Phi) is 3.18. The molecule has 0 fully saturated rings. The SMILES string of the molecule is C[Si](C)(C)c1cccc(C(=O)O)c1C(=O)O. The molecule has 0 aliphatic heterocycles. The predicted molar refractivity (Wildman–Crippen MR) is 63.3 cm³/mol. The fraction of sp³-hybridized carbons (Fsp3) is 0.273. The maximum atomic E-state index is 11.2. The lowest BCUT2D eigenvalue weighted by atomic mass is 10.1. The normalized spacial score (nSPS) is 11.2. The van der Waals surface area contributed by atoms with Crippen LogP contribution in [-0.2, 0) is 0 Å². The highest BCUT2D eigenvalue weighted by molar-refractivity contribution is 6.89. The van der Waals surface area contributed by atoms with Crippen molar-refractivity contribution in [2.45, 2.75) is 19.6 Å². The van der Waals surface area contributed by atoms with Crippen LogP contribution in [0.5, 0.6) is 0 Å². The first kappa shape index (κ1) is 12.4. The summed E-state index contributed by atoms with van der Waals surface area (Å²) >= 11 is 0. The molecule has 5 heteroatoms. The van der Waals surface area contributed by atoms with Crippen molar-refractivity contribution in [3.05, 3.63) is 29.3 Å². The van der Waals surface area contributed by atoms with E-state index < -0.39 is 20.0 Å². The summed E-state index contributed by atoms with van der Waals surface area (Å²) in [6, 6.07) is 4.64. The number of hydrogen-bond acceptors (Lipinski definition) is 2. The third-order valence-corrected chi connectivity index (χ3v) is 4.35. The number of hydrogen-bond donors (Lipinski definition) is 2. The maximum absolute atomic E-state index is 11.2. The summed E-state index contributed by atoms with van der Waals surface area (Å²) in [5, 5.41) is 18.7. The van der Waals surface area contributed by atoms with Gasteiger partial charge in [-0.25, -0.2) is 9.59 Å². The van der Waals surface area contributed by atoms with Gasteiger partial charge in [-0.2, -0.15) is 0 Å². The molecule has 1 aromatic rings. The van der Waals surface area contributed by atoms with Crippen molar-refractivity contribution in [3.8, 4) is 0 Å². The summed E-state index contributed by atoms with van der Waals surface area (Å²) in [5.74, 6) is -2.37. The van der Waals surface area contributed by atoms with Crippen molar-refractivity contribution >= 4 is 25.2 Å². The fourth-order valence-electron chi connectivity index (χ4n) is 1.59. The number of carboxylic acid groups (broad SMARTS) is 2. The minimum absolute atomic E-state index is 0.0610. The summed E-state index contributed by atoms with van der Waals surface area (Å²) in [6.45, 7) is 5.96. The second-order valence-electron chi connectivity index (χ2n) is 4.59. The fourth-order valence-corrected chi connectivity index (χ4v) is 3.17. The highest BCUT2D eigenvalue weighted by Gasteiger charge is 2.27. The summed E-state index contributed by atoms with van der Waals surface area (Å²) in [6.07, 6.45) is 0. The van der Waals surface area contributed by atoms with Crippen LogP contribution >= 0.6 is 0 Å². The van der Waals surface area contributed by atoms with Crippen molar-refractivity contribution in [1.29, 1.82) is 0 Å². The molecule has 0 saturated carbocycles. The van der Waals surface area contributed by atoms with Crippen molar-refractivity contribution in [2.24, 2.45) is 0 Å². The third kappa shape index (κ3) is 2.30. The van der Waals surface area contributed by atoms with Crippen molar-refractivity contribution in [2.75, 3.05) is 0 Å². The number of aromatic carboxylic acids is 2. The second-order valence-corrected chi connectivity index (χ2v) is 9.63. The zero-order valence-corrected chi connectivity index (χ0v) is 10.4. The molecule has 1 rings (SSSR count). The van der Waals surface area contributed by atoms with Crippen molar-refractivity contribution < 1.29 is 19.8 Å². The molecule has 0 radical (unpaired) electrons. The van der Waals surface area contributed by atoms with Crippen LogP contribution in [0.15, 0.2) is 18.2 Å². The Hall–Kier alpha value is -1.62. The van der Waals surface area contributed by atoms with Gasteiger partial charge < -0.3 is 10.2 Å². The molecular formula is C11H14O4Si. The Balaban J connectivity index is 3.58. The van der Waals surface area contributed by atoms with E-state index in [0.29, 0.717) is 5.19 Å². The zero-order chi connectivity index (χ0) is 12.5. The first-order valence-electron chi connectivity index (χ1n) is 4.85. The molecule has 0 bridgehead atoms. The van der Waals surface area contributed by atoms with E-state index in [2.05, 4.69) is 0 Å². The average molecular weight is 238 g/mol. The van der Waals surface area contributed by atoms with E-state index in [4.69, 9.17) is 10.2 Å². The van der Waals surface area contributed by atoms with Crippen molar-refractivity contribution in [3.63, 3.8) is 0 Å². The van der Waals surface area contributed by atoms with E-state index in [9.17, 15) is 9.59 Å². The van der Waals surface area contributed by atoms with Gasteiger partial charge in [-0.1, -0.05) is 31.8 Å². The molecule has 0 heterocycles. The standard InChI is InChI=1S/C11H14O4Si/c1-16(2,3)8-6-4-5-7(10(12)13)9(8)11(14)15/h4-6H,1-3H3,(H,12,13)(H,14,15). The quantitative estimate of drug-likeness (QED) is 0.785. The van der Waals surface area contributed by atoms with Crippen LogP contribution in [0.25, 0.3) is 0 Å². The Bertz CT molecular complexity index is 446. The Morgan fingerprint density at radius 3 is 2.00 bits per heavy atom. The summed E-state index contributed by atoms with van der Waals surface area (Å²) in [4.78, 5) is 22.1. The van der Waals surface area contributed by atoms with Gasteiger partial charge in [0.2, 0.25) is 0 Å². The van der Waals surface area contributed by atoms with E-state index in [1.54, 1.807) is 12.1 Å². The first-order chi connectivity index (χ1) is 7.25. The van der Waals surface area contributed by atoms with Gasteiger partial charge in [-0.05, 0) is 11.3 Å². The van der Waals surface area contributed by atoms with Gasteiger partial charge >= 0.3 is 11.9 Å². The summed E-state index contributed by atoms with van der Waals surface area (Å²) in [7, 11) is -1.86. The third-order valence-electron chi connectivity index (χ3n) is 2.32. The molecule has 0 amide bonds. The molecule has 0 aliphatic carbocycles. The van der Waals surface area contributed by atoms with E-state index in [1.165, 1.54) is 6.07 Å². The lowest BCUT2D eigenvalue weighted by Gasteiger charge is -2.20. The number of carboxylic acids is 2. The highest BCUT2D eigenvalue weighted by Crippen LogP contribution is 2.12. The lowest BCUT2D eigenvalue weighted by Crippen LogP contribution is -2.42. The van der Waals surface area contributed by atoms with E-state index in [-0.39, 0.29) is 11.1 Å². The van der Waals surface area contributed by atoms with Gasteiger partial charge in [0.25, 0.3) is 0 Å². The Morgan fingerprint density at radius 1 is 1.06 bits per heavy atom. The van der Waals surface area contributed by atoms with Crippen LogP contribution in [0.3, 0.4) is 0 Å². The molecule has 0 aliphatic rings. The molecule has 0 unspecified atom stereocenters. The van der Waals surface area contributed by atoms with E-state index in [0.717, 1.165) is 0 Å². The van der Waals surface area contributed by atoms with Crippen LogP contribution in [0, 0.1) is 0 Å². The van der Waals surface area contributed by atoms with Crippen molar-refractivity contribution in [1.82, 2.24) is 0 Å². The van der Waals surface area contributed by atoms with Gasteiger partial charge in [0.1, 0.15) is 0 Å². The summed E-state index contributed by atoms with van der Waals surface area (Å²) in [5.41, 5.74) is -0.193. The molecular weight excluding hydrogens is 224 g/mol. The molecule has 0 saturated heterocycles. The van der Waals surface area contributed by atoms with Crippen LogP contribution in [0.2, 0.25) is 19.6 Å². The summed E-state index contributed by atoms with van der Waals surface area (Å²) < 4.78 is 0. The molecule has 16 heavy (non-hydrogen) atoms. The van der Waals surface area contributed by atoms with Gasteiger partial charge in [0, 0.05) is 0 Å². The first-order valence-corrected chi connectivity index (χ1v) is 8.35. The predicted octanol–water partition coefficient (Wildman–Crippen LogP) is 1.63. The van der Waals surface area contributed by atoms with Gasteiger partial charge in [0.05, 0.1) is 19.2 Å². The van der Waals surface area contributed by atoms with Gasteiger partial charge in [-0.3, -0.25) is 0 Å². The van der Waals surface area contributed by atoms with E-state index in [1.807, 2.05) is 19.6 Å². The number of benzene rings is 1. The molecule has 0 aromatic heterocycles. The van der Waals surface area contributed by atoms with Gasteiger partial charge in [0.15, 0.2) is 0 Å². The molecule has 0 spiro atoms. The zero-order valence-electron chi connectivity index (χ0n) is 9.44. The second kappa shape index (κ2) is 4.09. The maximum Gasteiger partial charge on any atom is 0.336 e. The largest absolute Gasteiger partial charge is 0.478 e. The smallest absolute Gasteiger partial charge is 0.336 e. The minimum Gasteiger partial charge on any atom is -0.478 e. The molecule has 1 aromatic carbocycles. The molecule has 2 N–H and O–H groups in total. The average Bonchev–Trinajstić information content (AvgIpc) is 2.14. The Labute approximate surface area is 94.5 Å². The van der Waals surface area contributed by atoms with Crippen LogP contribution in [0.1, 0.15) is 20.7 Å². The lowest BCUT2D eigenvalue weighted by molar-refractivity contribution is 0.0652. The minimum atomic E-state index is -1.86.